The van der Waals surface area contributed by atoms with Crippen LogP contribution in [0.25, 0.3) is 22.2 Å². The number of benzene rings is 3. The third-order valence-corrected chi connectivity index (χ3v) is 5.04. The van der Waals surface area contributed by atoms with Gasteiger partial charge in [-0.2, -0.15) is 0 Å². The lowest BCUT2D eigenvalue weighted by atomic mass is 9.96. The first-order valence-corrected chi connectivity index (χ1v) is 9.44. The van der Waals surface area contributed by atoms with Crippen LogP contribution in [0.4, 0.5) is 5.69 Å². The van der Waals surface area contributed by atoms with Gasteiger partial charge in [-0.1, -0.05) is 59.6 Å². The molecule has 4 heteroatoms. The average molecular weight is 387 g/mol. The molecule has 3 nitrogen and oxygen atoms in total. The minimum absolute atomic E-state index is 0.160. The van der Waals surface area contributed by atoms with E-state index in [4.69, 9.17) is 16.6 Å². The SMILES string of the molecule is Cc1ccc(-c2nc3ccccc3c(C(=O)Nc3ccc(Cl)cc3)c2C)cc1. The number of nitrogens with one attached hydrogen (secondary N) is 1. The largest absolute Gasteiger partial charge is 0.322 e. The van der Waals surface area contributed by atoms with E-state index < -0.39 is 0 Å². The number of aromatic nitrogens is 1. The Labute approximate surface area is 169 Å². The van der Waals surface area contributed by atoms with Crippen molar-refractivity contribution >= 4 is 34.1 Å². The highest BCUT2D eigenvalue weighted by Crippen LogP contribution is 2.30. The molecular weight excluding hydrogens is 368 g/mol. The van der Waals surface area contributed by atoms with E-state index >= 15 is 0 Å². The fourth-order valence-electron chi connectivity index (χ4n) is 3.32. The Kier molecular flexibility index (Phi) is 4.84. The molecule has 0 saturated carbocycles. The minimum atomic E-state index is -0.160. The van der Waals surface area contributed by atoms with Crippen molar-refractivity contribution in [2.24, 2.45) is 0 Å². The van der Waals surface area contributed by atoms with Crippen molar-refractivity contribution in [3.05, 3.63) is 94.5 Å². The minimum Gasteiger partial charge on any atom is -0.322 e. The summed E-state index contributed by atoms with van der Waals surface area (Å²) in [6, 6.07) is 23.0. The lowest BCUT2D eigenvalue weighted by Gasteiger charge is -2.15. The number of para-hydroxylation sites is 1. The van der Waals surface area contributed by atoms with Gasteiger partial charge in [-0.15, -0.1) is 0 Å². The summed E-state index contributed by atoms with van der Waals surface area (Å²) in [5, 5.41) is 4.45. The Hall–Kier alpha value is -3.17. The van der Waals surface area contributed by atoms with Gasteiger partial charge >= 0.3 is 0 Å². The Bertz CT molecular complexity index is 1170. The van der Waals surface area contributed by atoms with Crippen molar-refractivity contribution in [1.29, 1.82) is 0 Å². The highest BCUT2D eigenvalue weighted by Gasteiger charge is 2.19. The number of hydrogen-bond acceptors (Lipinski definition) is 2. The second kappa shape index (κ2) is 7.45. The quantitative estimate of drug-likeness (QED) is 0.441. The van der Waals surface area contributed by atoms with E-state index in [2.05, 4.69) is 24.4 Å². The molecule has 1 heterocycles. The number of fused-ring (bicyclic) bond motifs is 1. The van der Waals surface area contributed by atoms with Gasteiger partial charge in [0.2, 0.25) is 0 Å². The molecule has 0 atom stereocenters. The van der Waals surface area contributed by atoms with E-state index in [-0.39, 0.29) is 5.91 Å². The standard InChI is InChI=1S/C24H19ClN2O/c1-15-7-9-17(10-8-15)23-16(2)22(20-5-3-4-6-21(20)27-23)24(28)26-19-13-11-18(25)12-14-19/h3-14H,1-2H3,(H,26,28). The van der Waals surface area contributed by atoms with E-state index in [9.17, 15) is 4.79 Å². The zero-order chi connectivity index (χ0) is 19.7. The van der Waals surface area contributed by atoms with E-state index in [0.29, 0.717) is 16.3 Å². The summed E-state index contributed by atoms with van der Waals surface area (Å²) < 4.78 is 0. The third-order valence-electron chi connectivity index (χ3n) is 4.79. The van der Waals surface area contributed by atoms with E-state index in [1.165, 1.54) is 5.56 Å². The fourth-order valence-corrected chi connectivity index (χ4v) is 3.45. The van der Waals surface area contributed by atoms with Gasteiger partial charge in [0.1, 0.15) is 0 Å². The molecule has 0 bridgehead atoms. The predicted octanol–water partition coefficient (Wildman–Crippen LogP) is 6.42. The molecule has 4 rings (SSSR count). The average Bonchev–Trinajstić information content (AvgIpc) is 2.70. The zero-order valence-electron chi connectivity index (χ0n) is 15.7. The van der Waals surface area contributed by atoms with Crippen LogP contribution in [0.15, 0.2) is 72.8 Å². The molecule has 0 aliphatic carbocycles. The zero-order valence-corrected chi connectivity index (χ0v) is 16.4. The van der Waals surface area contributed by atoms with Crippen molar-refractivity contribution in [1.82, 2.24) is 4.98 Å². The molecular formula is C24H19ClN2O. The number of halogens is 1. The van der Waals surface area contributed by atoms with Crippen LogP contribution >= 0.6 is 11.6 Å². The summed E-state index contributed by atoms with van der Waals surface area (Å²) in [5.41, 5.74) is 5.99. The number of amides is 1. The summed E-state index contributed by atoms with van der Waals surface area (Å²) >= 11 is 5.95. The van der Waals surface area contributed by atoms with Crippen LogP contribution in [0, 0.1) is 13.8 Å². The van der Waals surface area contributed by atoms with Crippen molar-refractivity contribution < 1.29 is 4.79 Å². The second-order valence-corrected chi connectivity index (χ2v) is 7.24. The monoisotopic (exact) mass is 386 g/mol. The number of hydrogen-bond donors (Lipinski definition) is 1. The lowest BCUT2D eigenvalue weighted by molar-refractivity contribution is 0.102. The van der Waals surface area contributed by atoms with Crippen LogP contribution < -0.4 is 5.32 Å². The molecule has 1 N–H and O–H groups in total. The van der Waals surface area contributed by atoms with Gasteiger partial charge in [-0.05, 0) is 49.7 Å². The van der Waals surface area contributed by atoms with Gasteiger partial charge in [0.25, 0.3) is 5.91 Å². The molecule has 28 heavy (non-hydrogen) atoms. The smallest absolute Gasteiger partial charge is 0.256 e. The summed E-state index contributed by atoms with van der Waals surface area (Å²) in [5.74, 6) is -0.160. The third kappa shape index (κ3) is 3.49. The Morgan fingerprint density at radius 1 is 0.893 bits per heavy atom. The first kappa shape index (κ1) is 18.2. The number of anilines is 1. The lowest BCUT2D eigenvalue weighted by Crippen LogP contribution is -2.15. The molecule has 0 saturated heterocycles. The molecule has 4 aromatic rings. The maximum Gasteiger partial charge on any atom is 0.256 e. The number of rotatable bonds is 3. The topological polar surface area (TPSA) is 42.0 Å². The normalized spacial score (nSPS) is 10.8. The molecule has 138 valence electrons. The number of pyridine rings is 1. The Balaban J connectivity index is 1.86. The molecule has 0 radical (unpaired) electrons. The number of aryl methyl sites for hydroxylation is 1. The van der Waals surface area contributed by atoms with Crippen molar-refractivity contribution in [2.45, 2.75) is 13.8 Å². The summed E-state index contributed by atoms with van der Waals surface area (Å²) in [7, 11) is 0. The van der Waals surface area contributed by atoms with Gasteiger partial charge in [-0.25, -0.2) is 4.98 Å². The predicted molar refractivity (Wildman–Crippen MR) is 116 cm³/mol. The van der Waals surface area contributed by atoms with Crippen molar-refractivity contribution in [3.8, 4) is 11.3 Å². The first-order chi connectivity index (χ1) is 13.5. The maximum atomic E-state index is 13.2. The van der Waals surface area contributed by atoms with E-state index in [0.717, 1.165) is 27.7 Å². The number of carbonyl (C=O) groups is 1. The van der Waals surface area contributed by atoms with Gasteiger partial charge in [0.05, 0.1) is 16.8 Å². The number of nitrogens with zero attached hydrogens (tertiary/aromatic N) is 1. The highest BCUT2D eigenvalue weighted by molar-refractivity contribution is 6.30. The van der Waals surface area contributed by atoms with E-state index in [1.54, 1.807) is 24.3 Å². The maximum absolute atomic E-state index is 13.2. The fraction of sp³-hybridized carbons (Fsp3) is 0.0833. The highest BCUT2D eigenvalue weighted by atomic mass is 35.5. The molecule has 0 aliphatic heterocycles. The van der Waals surface area contributed by atoms with Gasteiger partial charge < -0.3 is 5.32 Å². The Morgan fingerprint density at radius 2 is 1.57 bits per heavy atom. The van der Waals surface area contributed by atoms with Crippen LogP contribution in [0.2, 0.25) is 5.02 Å². The van der Waals surface area contributed by atoms with Crippen molar-refractivity contribution in [2.75, 3.05) is 5.32 Å². The van der Waals surface area contributed by atoms with Gasteiger partial charge in [0, 0.05) is 21.7 Å². The second-order valence-electron chi connectivity index (χ2n) is 6.80. The Morgan fingerprint density at radius 3 is 2.29 bits per heavy atom. The van der Waals surface area contributed by atoms with E-state index in [1.807, 2.05) is 43.3 Å². The molecule has 0 spiro atoms. The van der Waals surface area contributed by atoms with Gasteiger partial charge in [0.15, 0.2) is 0 Å². The van der Waals surface area contributed by atoms with Crippen LogP contribution in [-0.4, -0.2) is 10.9 Å². The van der Waals surface area contributed by atoms with Crippen molar-refractivity contribution in [3.63, 3.8) is 0 Å². The molecule has 1 amide bonds. The van der Waals surface area contributed by atoms with Crippen LogP contribution in [0.5, 0.6) is 0 Å². The molecule has 0 aliphatic rings. The molecule has 1 aromatic heterocycles. The van der Waals surface area contributed by atoms with Gasteiger partial charge in [-0.3, -0.25) is 4.79 Å². The molecule has 0 unspecified atom stereocenters. The van der Waals surface area contributed by atoms with Crippen LogP contribution in [0.3, 0.4) is 0 Å². The van der Waals surface area contributed by atoms with Crippen LogP contribution in [0.1, 0.15) is 21.5 Å². The molecule has 3 aromatic carbocycles. The molecule has 0 fully saturated rings. The number of carbonyl (C=O) groups excluding carboxylic acids is 1. The first-order valence-electron chi connectivity index (χ1n) is 9.06. The van der Waals surface area contributed by atoms with Crippen LogP contribution in [-0.2, 0) is 0 Å². The summed E-state index contributed by atoms with van der Waals surface area (Å²) in [6.07, 6.45) is 0. The summed E-state index contributed by atoms with van der Waals surface area (Å²) in [6.45, 7) is 4.00. The summed E-state index contributed by atoms with van der Waals surface area (Å²) in [4.78, 5) is 18.0.